The minimum Gasteiger partial charge on any atom is -0.376 e. The van der Waals surface area contributed by atoms with Gasteiger partial charge in [-0.2, -0.15) is 0 Å². The van der Waals surface area contributed by atoms with E-state index in [4.69, 9.17) is 9.73 Å². The second-order valence-corrected chi connectivity index (χ2v) is 7.19. The van der Waals surface area contributed by atoms with E-state index in [9.17, 15) is 0 Å². The fourth-order valence-electron chi connectivity index (χ4n) is 2.90. The van der Waals surface area contributed by atoms with Gasteiger partial charge in [-0.1, -0.05) is 19.4 Å². The fourth-order valence-corrected chi connectivity index (χ4v) is 3.75. The molecule has 1 aliphatic rings. The Hall–Kier alpha value is -0.380. The van der Waals surface area contributed by atoms with Crippen LogP contribution in [0.15, 0.2) is 22.5 Å². The summed E-state index contributed by atoms with van der Waals surface area (Å²) in [4.78, 5) is 8.76. The normalized spacial score (nSPS) is 20.0. The maximum absolute atomic E-state index is 5.71. The third-order valence-electron chi connectivity index (χ3n) is 4.17. The number of morpholine rings is 1. The molecule has 0 bridgehead atoms. The van der Waals surface area contributed by atoms with Crippen molar-refractivity contribution < 1.29 is 4.74 Å². The molecule has 0 aliphatic carbocycles. The number of aliphatic imine (C=N–C) groups is 1. The monoisotopic (exact) mass is 480 g/mol. The minimum atomic E-state index is 0. The van der Waals surface area contributed by atoms with Crippen molar-refractivity contribution in [1.82, 2.24) is 15.5 Å². The van der Waals surface area contributed by atoms with E-state index in [1.807, 2.05) is 11.3 Å². The topological polar surface area (TPSA) is 48.9 Å². The van der Waals surface area contributed by atoms with Crippen LogP contribution in [0.2, 0.25) is 0 Å². The molecule has 2 rings (SSSR count). The number of nitrogens with one attached hydrogen (secondary N) is 2. The summed E-state index contributed by atoms with van der Waals surface area (Å²) in [6.07, 6.45) is 2.65. The number of nitrogens with zero attached hydrogens (tertiary/aromatic N) is 2. The zero-order chi connectivity index (χ0) is 17.2. The van der Waals surface area contributed by atoms with Crippen LogP contribution in [-0.4, -0.2) is 56.3 Å². The van der Waals surface area contributed by atoms with E-state index in [2.05, 4.69) is 53.8 Å². The molecule has 0 saturated carbocycles. The molecule has 2 N–H and O–H groups in total. The van der Waals surface area contributed by atoms with Gasteiger partial charge in [0.1, 0.15) is 0 Å². The van der Waals surface area contributed by atoms with E-state index in [-0.39, 0.29) is 24.0 Å². The Balaban J connectivity index is 0.00000312. The second kappa shape index (κ2) is 12.9. The molecule has 7 heteroatoms. The highest BCUT2D eigenvalue weighted by Crippen LogP contribution is 2.27. The lowest BCUT2D eigenvalue weighted by atomic mass is 10.1. The van der Waals surface area contributed by atoms with Crippen molar-refractivity contribution in [3.8, 4) is 0 Å². The van der Waals surface area contributed by atoms with E-state index in [0.29, 0.717) is 12.1 Å². The molecule has 0 radical (unpaired) electrons. The van der Waals surface area contributed by atoms with Crippen molar-refractivity contribution >= 4 is 41.3 Å². The average molecular weight is 480 g/mol. The standard InChI is InChI=1S/C18H32N4OS.HI/c1-4-6-9-20-18(19-5-2)21-13-16(17-8-7-12-24-17)22-10-11-23-15(3)14-22;/h7-8,12,15-16H,4-6,9-11,13-14H2,1-3H3,(H2,19,20,21);1H. The quantitative estimate of drug-likeness (QED) is 0.259. The molecule has 0 amide bonds. The van der Waals surface area contributed by atoms with Crippen molar-refractivity contribution in [2.75, 3.05) is 39.3 Å². The highest BCUT2D eigenvalue weighted by Gasteiger charge is 2.26. The van der Waals surface area contributed by atoms with E-state index in [1.54, 1.807) is 0 Å². The number of thiophene rings is 1. The highest BCUT2D eigenvalue weighted by molar-refractivity contribution is 14.0. The fraction of sp³-hybridized carbons (Fsp3) is 0.722. The highest BCUT2D eigenvalue weighted by atomic mass is 127. The predicted molar refractivity (Wildman–Crippen MR) is 118 cm³/mol. The van der Waals surface area contributed by atoms with E-state index >= 15 is 0 Å². The lowest BCUT2D eigenvalue weighted by Gasteiger charge is -2.36. The van der Waals surface area contributed by atoms with Gasteiger partial charge in [-0.05, 0) is 31.7 Å². The lowest BCUT2D eigenvalue weighted by Crippen LogP contribution is -2.44. The summed E-state index contributed by atoms with van der Waals surface area (Å²) >= 11 is 1.82. The van der Waals surface area contributed by atoms with Gasteiger partial charge in [-0.3, -0.25) is 9.89 Å². The molecule has 0 aromatic carbocycles. The van der Waals surface area contributed by atoms with Crippen LogP contribution in [0.4, 0.5) is 0 Å². The number of unbranched alkanes of at least 4 members (excludes halogenated alkanes) is 1. The van der Waals surface area contributed by atoms with Gasteiger partial charge in [0.05, 0.1) is 25.3 Å². The first-order chi connectivity index (χ1) is 11.7. The maximum atomic E-state index is 5.71. The van der Waals surface area contributed by atoms with Crippen molar-refractivity contribution in [2.45, 2.75) is 45.8 Å². The summed E-state index contributed by atoms with van der Waals surface area (Å²) in [6, 6.07) is 4.69. The predicted octanol–water partition coefficient (Wildman–Crippen LogP) is 3.48. The van der Waals surface area contributed by atoms with Crippen LogP contribution in [0.1, 0.15) is 44.5 Å². The number of rotatable bonds is 8. The number of hydrogen-bond acceptors (Lipinski definition) is 4. The summed E-state index contributed by atoms with van der Waals surface area (Å²) in [5, 5.41) is 8.94. The molecule has 0 spiro atoms. The second-order valence-electron chi connectivity index (χ2n) is 6.21. The Kier molecular flexibility index (Phi) is 11.7. The Morgan fingerprint density at radius 3 is 2.92 bits per heavy atom. The third kappa shape index (κ3) is 7.80. The first-order valence-electron chi connectivity index (χ1n) is 9.15. The van der Waals surface area contributed by atoms with Gasteiger partial charge in [0, 0.05) is 31.1 Å². The number of hydrogen-bond donors (Lipinski definition) is 2. The summed E-state index contributed by atoms with van der Waals surface area (Å²) in [5.41, 5.74) is 0. The summed E-state index contributed by atoms with van der Waals surface area (Å²) in [6.45, 7) is 11.8. The summed E-state index contributed by atoms with van der Waals surface area (Å²) < 4.78 is 5.71. The smallest absolute Gasteiger partial charge is 0.191 e. The van der Waals surface area contributed by atoms with Crippen LogP contribution in [0.25, 0.3) is 0 Å². The number of ether oxygens (including phenoxy) is 1. The van der Waals surface area contributed by atoms with Crippen molar-refractivity contribution in [2.24, 2.45) is 4.99 Å². The van der Waals surface area contributed by atoms with Crippen LogP contribution >= 0.6 is 35.3 Å². The van der Waals surface area contributed by atoms with E-state index in [1.165, 1.54) is 17.7 Å². The van der Waals surface area contributed by atoms with Gasteiger partial charge in [-0.15, -0.1) is 35.3 Å². The molecule has 144 valence electrons. The third-order valence-corrected chi connectivity index (χ3v) is 5.15. The minimum absolute atomic E-state index is 0. The molecule has 5 nitrogen and oxygen atoms in total. The Morgan fingerprint density at radius 2 is 2.28 bits per heavy atom. The first-order valence-corrected chi connectivity index (χ1v) is 10.0. The van der Waals surface area contributed by atoms with Crippen LogP contribution in [0.3, 0.4) is 0 Å². The van der Waals surface area contributed by atoms with Gasteiger partial charge in [0.25, 0.3) is 0 Å². The maximum Gasteiger partial charge on any atom is 0.191 e. The van der Waals surface area contributed by atoms with Gasteiger partial charge < -0.3 is 15.4 Å². The molecule has 2 atom stereocenters. The largest absolute Gasteiger partial charge is 0.376 e. The molecule has 25 heavy (non-hydrogen) atoms. The molecular weight excluding hydrogens is 447 g/mol. The van der Waals surface area contributed by atoms with E-state index < -0.39 is 0 Å². The van der Waals surface area contributed by atoms with Crippen molar-refractivity contribution in [3.05, 3.63) is 22.4 Å². The number of guanidine groups is 1. The van der Waals surface area contributed by atoms with E-state index in [0.717, 1.165) is 45.3 Å². The van der Waals surface area contributed by atoms with Crippen molar-refractivity contribution in [3.63, 3.8) is 0 Å². The van der Waals surface area contributed by atoms with Crippen LogP contribution in [-0.2, 0) is 4.74 Å². The van der Waals surface area contributed by atoms with Crippen molar-refractivity contribution in [1.29, 1.82) is 0 Å². The Bertz CT molecular complexity index is 483. The summed E-state index contributed by atoms with van der Waals surface area (Å²) in [7, 11) is 0. The average Bonchev–Trinajstić information content (AvgIpc) is 3.09. The molecule has 2 unspecified atom stereocenters. The first kappa shape index (κ1) is 22.7. The van der Waals surface area contributed by atoms with Crippen LogP contribution in [0, 0.1) is 0 Å². The molecule has 1 saturated heterocycles. The van der Waals surface area contributed by atoms with Crippen LogP contribution in [0.5, 0.6) is 0 Å². The molecule has 2 heterocycles. The molecule has 1 fully saturated rings. The Morgan fingerprint density at radius 1 is 1.44 bits per heavy atom. The molecule has 1 aromatic heterocycles. The zero-order valence-corrected chi connectivity index (χ0v) is 18.8. The van der Waals surface area contributed by atoms with Gasteiger partial charge in [0.2, 0.25) is 0 Å². The SMILES string of the molecule is CCCCNC(=NCC(c1cccs1)N1CCOC(C)C1)NCC.I. The summed E-state index contributed by atoms with van der Waals surface area (Å²) in [5.74, 6) is 0.925. The van der Waals surface area contributed by atoms with Gasteiger partial charge >= 0.3 is 0 Å². The molecular formula is C18H33IN4OS. The van der Waals surface area contributed by atoms with Crippen LogP contribution < -0.4 is 10.6 Å². The molecule has 1 aromatic rings. The zero-order valence-electron chi connectivity index (χ0n) is 15.7. The lowest BCUT2D eigenvalue weighted by molar-refractivity contribution is -0.0327. The number of halogens is 1. The Labute approximate surface area is 173 Å². The van der Waals surface area contributed by atoms with Gasteiger partial charge in [-0.25, -0.2) is 0 Å². The van der Waals surface area contributed by atoms with Gasteiger partial charge in [0.15, 0.2) is 5.96 Å². The molecule has 1 aliphatic heterocycles.